The molecule has 0 aliphatic heterocycles. The maximum atomic E-state index is 6.34. The van der Waals surface area contributed by atoms with Crippen LogP contribution in [0.25, 0.3) is 5.69 Å². The number of para-hydroxylation sites is 1. The quantitative estimate of drug-likeness (QED) is 0.897. The molecule has 2 aromatic rings. The Kier molecular flexibility index (Phi) is 3.15. The number of hydrogen-bond donors (Lipinski definition) is 1. The Morgan fingerprint density at radius 3 is 2.61 bits per heavy atom. The van der Waals surface area contributed by atoms with Crippen molar-refractivity contribution >= 4 is 0 Å². The molecule has 1 aliphatic carbocycles. The van der Waals surface area contributed by atoms with Crippen molar-refractivity contribution in [2.24, 2.45) is 11.7 Å². The van der Waals surface area contributed by atoms with Crippen LogP contribution in [-0.2, 0) is 0 Å². The molecule has 0 amide bonds. The molecular weight excluding hydrogens is 222 g/mol. The summed E-state index contributed by atoms with van der Waals surface area (Å²) in [4.78, 5) is 0. The van der Waals surface area contributed by atoms with Crippen LogP contribution in [0, 0.1) is 5.92 Å². The van der Waals surface area contributed by atoms with Gasteiger partial charge < -0.3 is 5.73 Å². The Bertz CT molecular complexity index is 497. The standard InChI is InChI=1S/C15H19N3/c16-15(12-6-4-5-7-12)13-10-17-18(11-13)14-8-2-1-3-9-14/h1-3,8-12,15H,4-7,16H2. The summed E-state index contributed by atoms with van der Waals surface area (Å²) < 4.78 is 1.91. The first kappa shape index (κ1) is 11.5. The van der Waals surface area contributed by atoms with Crippen LogP contribution < -0.4 is 5.73 Å². The third kappa shape index (κ3) is 2.18. The molecule has 1 aromatic carbocycles. The van der Waals surface area contributed by atoms with Gasteiger partial charge in [-0.25, -0.2) is 4.68 Å². The highest BCUT2D eigenvalue weighted by molar-refractivity contribution is 5.31. The number of benzene rings is 1. The number of nitrogens with zero attached hydrogens (tertiary/aromatic N) is 2. The summed E-state index contributed by atoms with van der Waals surface area (Å²) in [5, 5.41) is 4.42. The Morgan fingerprint density at radius 2 is 1.89 bits per heavy atom. The van der Waals surface area contributed by atoms with Crippen molar-refractivity contribution in [3.05, 3.63) is 48.3 Å². The van der Waals surface area contributed by atoms with Crippen LogP contribution in [-0.4, -0.2) is 9.78 Å². The molecule has 3 nitrogen and oxygen atoms in total. The van der Waals surface area contributed by atoms with Gasteiger partial charge in [0, 0.05) is 17.8 Å². The van der Waals surface area contributed by atoms with Crippen LogP contribution in [0.3, 0.4) is 0 Å². The molecule has 0 bridgehead atoms. The highest BCUT2D eigenvalue weighted by Crippen LogP contribution is 2.34. The maximum Gasteiger partial charge on any atom is 0.0645 e. The highest BCUT2D eigenvalue weighted by atomic mass is 15.3. The predicted molar refractivity (Wildman–Crippen MR) is 72.5 cm³/mol. The molecule has 3 heteroatoms. The van der Waals surface area contributed by atoms with Crippen LogP contribution in [0.15, 0.2) is 42.7 Å². The molecule has 0 spiro atoms. The Hall–Kier alpha value is -1.61. The maximum absolute atomic E-state index is 6.34. The first-order valence-corrected chi connectivity index (χ1v) is 6.70. The van der Waals surface area contributed by atoms with E-state index in [0.29, 0.717) is 5.92 Å². The van der Waals surface area contributed by atoms with E-state index in [1.165, 1.54) is 25.7 Å². The lowest BCUT2D eigenvalue weighted by Gasteiger charge is -2.16. The fourth-order valence-corrected chi connectivity index (χ4v) is 2.82. The Balaban J connectivity index is 1.81. The number of rotatable bonds is 3. The predicted octanol–water partition coefficient (Wildman–Crippen LogP) is 3.06. The van der Waals surface area contributed by atoms with Crippen LogP contribution >= 0.6 is 0 Å². The van der Waals surface area contributed by atoms with Gasteiger partial charge in [0.1, 0.15) is 0 Å². The average molecular weight is 241 g/mol. The van der Waals surface area contributed by atoms with Crippen LogP contribution in [0.5, 0.6) is 0 Å². The van der Waals surface area contributed by atoms with E-state index in [2.05, 4.69) is 23.4 Å². The summed E-state index contributed by atoms with van der Waals surface area (Å²) in [6, 6.07) is 10.3. The summed E-state index contributed by atoms with van der Waals surface area (Å²) in [5.41, 5.74) is 8.58. The van der Waals surface area contributed by atoms with E-state index >= 15 is 0 Å². The lowest BCUT2D eigenvalue weighted by molar-refractivity contribution is 0.445. The first-order chi connectivity index (χ1) is 8.84. The smallest absolute Gasteiger partial charge is 0.0645 e. The van der Waals surface area contributed by atoms with Gasteiger partial charge in [-0.15, -0.1) is 0 Å². The molecule has 3 rings (SSSR count). The van der Waals surface area contributed by atoms with Gasteiger partial charge in [0.05, 0.1) is 11.9 Å². The molecule has 18 heavy (non-hydrogen) atoms. The van der Waals surface area contributed by atoms with E-state index < -0.39 is 0 Å². The lowest BCUT2D eigenvalue weighted by Crippen LogP contribution is -2.18. The summed E-state index contributed by atoms with van der Waals surface area (Å²) in [7, 11) is 0. The van der Waals surface area contributed by atoms with E-state index in [-0.39, 0.29) is 6.04 Å². The van der Waals surface area contributed by atoms with Crippen molar-refractivity contribution < 1.29 is 0 Å². The second-order valence-electron chi connectivity index (χ2n) is 5.12. The fraction of sp³-hybridized carbons (Fsp3) is 0.400. The molecule has 1 aliphatic rings. The number of nitrogens with two attached hydrogens (primary N) is 1. The van der Waals surface area contributed by atoms with Crippen molar-refractivity contribution in [2.45, 2.75) is 31.7 Å². The van der Waals surface area contributed by atoms with Crippen molar-refractivity contribution in [1.29, 1.82) is 0 Å². The third-order valence-corrected chi connectivity index (χ3v) is 3.92. The summed E-state index contributed by atoms with van der Waals surface area (Å²) in [6.45, 7) is 0. The normalized spacial score (nSPS) is 18.1. The van der Waals surface area contributed by atoms with Crippen LogP contribution in [0.2, 0.25) is 0 Å². The average Bonchev–Trinajstić information content (AvgIpc) is 3.10. The van der Waals surface area contributed by atoms with Gasteiger partial charge in [-0.2, -0.15) is 5.10 Å². The Morgan fingerprint density at radius 1 is 1.17 bits per heavy atom. The van der Waals surface area contributed by atoms with Crippen molar-refractivity contribution in [1.82, 2.24) is 9.78 Å². The van der Waals surface area contributed by atoms with E-state index in [9.17, 15) is 0 Å². The van der Waals surface area contributed by atoms with E-state index in [0.717, 1.165) is 11.3 Å². The first-order valence-electron chi connectivity index (χ1n) is 6.70. The zero-order valence-corrected chi connectivity index (χ0v) is 10.5. The molecule has 1 aromatic heterocycles. The molecular formula is C15H19N3. The summed E-state index contributed by atoms with van der Waals surface area (Å²) in [5.74, 6) is 0.637. The topological polar surface area (TPSA) is 43.8 Å². The molecule has 2 N–H and O–H groups in total. The van der Waals surface area contributed by atoms with Gasteiger partial charge in [0.25, 0.3) is 0 Å². The molecule has 0 saturated heterocycles. The zero-order valence-electron chi connectivity index (χ0n) is 10.5. The van der Waals surface area contributed by atoms with Crippen molar-refractivity contribution in [3.8, 4) is 5.69 Å². The largest absolute Gasteiger partial charge is 0.324 e. The third-order valence-electron chi connectivity index (χ3n) is 3.92. The van der Waals surface area contributed by atoms with E-state index in [1.54, 1.807) is 0 Å². The van der Waals surface area contributed by atoms with E-state index in [1.807, 2.05) is 29.1 Å². The van der Waals surface area contributed by atoms with Gasteiger partial charge in [-0.1, -0.05) is 31.0 Å². The van der Waals surface area contributed by atoms with Crippen LogP contribution in [0.4, 0.5) is 0 Å². The molecule has 1 heterocycles. The van der Waals surface area contributed by atoms with Crippen molar-refractivity contribution in [2.75, 3.05) is 0 Å². The fourth-order valence-electron chi connectivity index (χ4n) is 2.82. The number of aromatic nitrogens is 2. The minimum Gasteiger partial charge on any atom is -0.324 e. The van der Waals surface area contributed by atoms with E-state index in [4.69, 9.17) is 5.73 Å². The molecule has 0 radical (unpaired) electrons. The minimum atomic E-state index is 0.143. The monoisotopic (exact) mass is 241 g/mol. The highest BCUT2D eigenvalue weighted by Gasteiger charge is 2.24. The van der Waals surface area contributed by atoms with Gasteiger partial charge >= 0.3 is 0 Å². The van der Waals surface area contributed by atoms with Gasteiger partial charge in [0.2, 0.25) is 0 Å². The SMILES string of the molecule is NC(c1cnn(-c2ccccc2)c1)C1CCCC1. The minimum absolute atomic E-state index is 0.143. The van der Waals surface area contributed by atoms with Gasteiger partial charge in [-0.05, 0) is 30.9 Å². The summed E-state index contributed by atoms with van der Waals surface area (Å²) in [6.07, 6.45) is 9.15. The molecule has 1 atom stereocenters. The van der Waals surface area contributed by atoms with Gasteiger partial charge in [-0.3, -0.25) is 0 Å². The Labute approximate surface area is 108 Å². The molecule has 94 valence electrons. The van der Waals surface area contributed by atoms with Crippen LogP contribution in [0.1, 0.15) is 37.3 Å². The molecule has 1 unspecified atom stereocenters. The second kappa shape index (κ2) is 4.94. The number of hydrogen-bond acceptors (Lipinski definition) is 2. The van der Waals surface area contributed by atoms with Gasteiger partial charge in [0.15, 0.2) is 0 Å². The second-order valence-corrected chi connectivity index (χ2v) is 5.12. The molecule has 1 fully saturated rings. The lowest BCUT2D eigenvalue weighted by atomic mass is 9.95. The zero-order chi connectivity index (χ0) is 12.4. The van der Waals surface area contributed by atoms with Crippen molar-refractivity contribution in [3.63, 3.8) is 0 Å². The molecule has 1 saturated carbocycles. The summed E-state index contributed by atoms with van der Waals surface area (Å²) >= 11 is 0.